The minimum Gasteiger partial charge on any atom is -0.465 e. The number of hydrogen-bond acceptors (Lipinski definition) is 6. The van der Waals surface area contributed by atoms with E-state index in [1.165, 1.54) is 32.4 Å². The fourth-order valence-electron chi connectivity index (χ4n) is 3.23. The van der Waals surface area contributed by atoms with Gasteiger partial charge in [-0.05, 0) is 80.6 Å². The van der Waals surface area contributed by atoms with E-state index in [-0.39, 0.29) is 21.7 Å². The lowest BCUT2D eigenvalue weighted by atomic mass is 9.95. The highest BCUT2D eigenvalue weighted by atomic mass is 32.2. The maximum absolute atomic E-state index is 13.2. The van der Waals surface area contributed by atoms with Crippen LogP contribution in [0.4, 0.5) is 5.69 Å². The minimum absolute atomic E-state index is 0.0258. The van der Waals surface area contributed by atoms with Gasteiger partial charge in [0.1, 0.15) is 0 Å². The Morgan fingerprint density at radius 1 is 0.724 bits per heavy atom. The summed E-state index contributed by atoms with van der Waals surface area (Å²) in [6, 6.07) is 3.91. The van der Waals surface area contributed by atoms with Gasteiger partial charge in [0, 0.05) is 0 Å². The lowest BCUT2D eigenvalue weighted by Gasteiger charge is -2.19. The molecule has 29 heavy (non-hydrogen) atoms. The first kappa shape index (κ1) is 22.4. The summed E-state index contributed by atoms with van der Waals surface area (Å²) in [6.07, 6.45) is 0. The number of carbonyl (C=O) groups excluding carboxylic acids is 2. The van der Waals surface area contributed by atoms with E-state index in [1.54, 1.807) is 13.8 Å². The van der Waals surface area contributed by atoms with Gasteiger partial charge in [0.2, 0.25) is 0 Å². The lowest BCUT2D eigenvalue weighted by Crippen LogP contribution is -2.18. The molecule has 156 valence electrons. The van der Waals surface area contributed by atoms with E-state index in [0.717, 1.165) is 16.7 Å². The molecular formula is C21H25NO6S. The number of rotatable bonds is 5. The molecule has 0 aromatic heterocycles. The Hall–Kier alpha value is -2.87. The first-order chi connectivity index (χ1) is 13.4. The summed E-state index contributed by atoms with van der Waals surface area (Å²) in [6.45, 7) is 9.23. The van der Waals surface area contributed by atoms with Crippen LogP contribution in [0.25, 0.3) is 0 Å². The van der Waals surface area contributed by atoms with Crippen LogP contribution < -0.4 is 4.72 Å². The average Bonchev–Trinajstić information content (AvgIpc) is 2.68. The molecule has 0 bridgehead atoms. The van der Waals surface area contributed by atoms with Gasteiger partial charge in [-0.2, -0.15) is 0 Å². The Morgan fingerprint density at radius 2 is 1.10 bits per heavy atom. The molecule has 1 N–H and O–H groups in total. The molecule has 0 fully saturated rings. The maximum atomic E-state index is 13.2. The van der Waals surface area contributed by atoms with Crippen LogP contribution in [0.2, 0.25) is 0 Å². The molecule has 0 radical (unpaired) electrons. The summed E-state index contributed by atoms with van der Waals surface area (Å²) in [5.74, 6) is -1.41. The summed E-state index contributed by atoms with van der Waals surface area (Å²) in [5, 5.41) is 0. The van der Waals surface area contributed by atoms with Crippen molar-refractivity contribution in [3.63, 3.8) is 0 Å². The van der Waals surface area contributed by atoms with Gasteiger partial charge >= 0.3 is 11.9 Å². The van der Waals surface area contributed by atoms with E-state index in [0.29, 0.717) is 11.1 Å². The van der Waals surface area contributed by atoms with Crippen molar-refractivity contribution in [2.75, 3.05) is 18.9 Å². The smallest absolute Gasteiger partial charge is 0.337 e. The summed E-state index contributed by atoms with van der Waals surface area (Å²) in [4.78, 5) is 24.1. The number of anilines is 1. The zero-order valence-electron chi connectivity index (χ0n) is 17.6. The number of hydrogen-bond donors (Lipinski definition) is 1. The topological polar surface area (TPSA) is 98.8 Å². The third-order valence-electron chi connectivity index (χ3n) is 5.23. The zero-order chi connectivity index (χ0) is 22.1. The monoisotopic (exact) mass is 419 g/mol. The fourth-order valence-corrected chi connectivity index (χ4v) is 4.88. The van der Waals surface area contributed by atoms with Gasteiger partial charge in [-0.1, -0.05) is 0 Å². The first-order valence-corrected chi connectivity index (χ1v) is 10.3. The van der Waals surface area contributed by atoms with Gasteiger partial charge in [0.05, 0.1) is 35.9 Å². The Balaban J connectivity index is 2.64. The van der Waals surface area contributed by atoms with Crippen molar-refractivity contribution in [3.8, 4) is 0 Å². The van der Waals surface area contributed by atoms with E-state index < -0.39 is 22.0 Å². The first-order valence-electron chi connectivity index (χ1n) is 8.86. The quantitative estimate of drug-likeness (QED) is 0.744. The summed E-state index contributed by atoms with van der Waals surface area (Å²) in [5.41, 5.74) is 4.24. The number of carbonyl (C=O) groups is 2. The molecule has 2 rings (SSSR count). The zero-order valence-corrected chi connectivity index (χ0v) is 18.4. The van der Waals surface area contributed by atoms with E-state index in [9.17, 15) is 18.0 Å². The van der Waals surface area contributed by atoms with Gasteiger partial charge in [-0.15, -0.1) is 0 Å². The molecular weight excluding hydrogens is 394 g/mol. The standard InChI is InChI=1S/C21H25NO6S/c1-11-12(2)14(4)19(15(5)13(11)3)29(25,26)22-18-9-16(20(23)27-6)8-17(10-18)21(24)28-7/h8-10,22H,1-7H3. The Morgan fingerprint density at radius 3 is 1.48 bits per heavy atom. The molecule has 0 saturated heterocycles. The number of esters is 2. The molecule has 0 saturated carbocycles. The van der Waals surface area contributed by atoms with E-state index in [4.69, 9.17) is 0 Å². The Bertz CT molecular complexity index is 1040. The normalized spacial score (nSPS) is 11.1. The fraction of sp³-hybridized carbons (Fsp3) is 0.333. The largest absolute Gasteiger partial charge is 0.465 e. The highest BCUT2D eigenvalue weighted by Gasteiger charge is 2.25. The van der Waals surface area contributed by atoms with Crippen molar-refractivity contribution in [2.24, 2.45) is 0 Å². The van der Waals surface area contributed by atoms with Crippen molar-refractivity contribution < 1.29 is 27.5 Å². The Labute approximate surface area is 171 Å². The maximum Gasteiger partial charge on any atom is 0.337 e. The number of methoxy groups -OCH3 is 2. The van der Waals surface area contributed by atoms with E-state index >= 15 is 0 Å². The van der Waals surface area contributed by atoms with Crippen molar-refractivity contribution in [2.45, 2.75) is 39.5 Å². The summed E-state index contributed by atoms with van der Waals surface area (Å²) >= 11 is 0. The molecule has 0 atom stereocenters. The van der Waals surface area contributed by atoms with Crippen LogP contribution >= 0.6 is 0 Å². The molecule has 2 aromatic carbocycles. The number of nitrogens with one attached hydrogen (secondary N) is 1. The van der Waals surface area contributed by atoms with Crippen LogP contribution in [0, 0.1) is 34.6 Å². The van der Waals surface area contributed by atoms with Crippen molar-refractivity contribution >= 4 is 27.6 Å². The second-order valence-corrected chi connectivity index (χ2v) is 8.46. The van der Waals surface area contributed by atoms with E-state index in [1.807, 2.05) is 20.8 Å². The third kappa shape index (κ3) is 4.27. The number of ether oxygens (including phenoxy) is 2. The van der Waals surface area contributed by atoms with Crippen LogP contribution in [0.5, 0.6) is 0 Å². The average molecular weight is 419 g/mol. The SMILES string of the molecule is COC(=O)c1cc(NS(=O)(=O)c2c(C)c(C)c(C)c(C)c2C)cc(C(=O)OC)c1. The van der Waals surface area contributed by atoms with Crippen molar-refractivity contribution in [3.05, 3.63) is 57.1 Å². The van der Waals surface area contributed by atoms with Gasteiger partial charge in [-0.3, -0.25) is 4.72 Å². The van der Waals surface area contributed by atoms with Crippen LogP contribution in [0.15, 0.2) is 23.1 Å². The molecule has 0 aliphatic carbocycles. The summed E-state index contributed by atoms with van der Waals surface area (Å²) < 4.78 is 38.3. The van der Waals surface area contributed by atoms with Gasteiger partial charge < -0.3 is 9.47 Å². The second kappa shape index (κ2) is 8.24. The number of sulfonamides is 1. The van der Waals surface area contributed by atoms with Gasteiger partial charge in [0.15, 0.2) is 0 Å². The minimum atomic E-state index is -3.99. The molecule has 8 heteroatoms. The lowest BCUT2D eigenvalue weighted by molar-refractivity contribution is 0.0599. The molecule has 7 nitrogen and oxygen atoms in total. The molecule has 0 spiro atoms. The van der Waals surface area contributed by atoms with Crippen molar-refractivity contribution in [1.82, 2.24) is 0 Å². The predicted molar refractivity (Wildman–Crippen MR) is 110 cm³/mol. The van der Waals surface area contributed by atoms with Gasteiger partial charge in [-0.25, -0.2) is 18.0 Å². The van der Waals surface area contributed by atoms with Crippen molar-refractivity contribution in [1.29, 1.82) is 0 Å². The van der Waals surface area contributed by atoms with Crippen LogP contribution in [-0.2, 0) is 19.5 Å². The second-order valence-electron chi connectivity index (χ2n) is 6.84. The van der Waals surface area contributed by atoms with E-state index in [2.05, 4.69) is 14.2 Å². The summed E-state index contributed by atoms with van der Waals surface area (Å²) in [7, 11) is -1.60. The van der Waals surface area contributed by atoms with Crippen LogP contribution in [0.1, 0.15) is 48.5 Å². The van der Waals surface area contributed by atoms with Crippen LogP contribution in [0.3, 0.4) is 0 Å². The van der Waals surface area contributed by atoms with Crippen LogP contribution in [-0.4, -0.2) is 34.6 Å². The predicted octanol–water partition coefficient (Wildman–Crippen LogP) is 3.60. The number of benzene rings is 2. The molecule has 0 unspecified atom stereocenters. The highest BCUT2D eigenvalue weighted by Crippen LogP contribution is 2.31. The highest BCUT2D eigenvalue weighted by molar-refractivity contribution is 7.92. The van der Waals surface area contributed by atoms with Gasteiger partial charge in [0.25, 0.3) is 10.0 Å². The third-order valence-corrected chi connectivity index (χ3v) is 6.88. The Kier molecular flexibility index (Phi) is 6.37. The molecule has 0 aliphatic heterocycles. The molecule has 0 heterocycles. The molecule has 0 aliphatic rings. The molecule has 2 aromatic rings. The molecule has 0 amide bonds.